The molecule has 0 fully saturated rings. The van der Waals surface area contributed by atoms with Crippen LogP contribution in [0.1, 0.15) is 59.7 Å². The lowest BCUT2D eigenvalue weighted by Crippen LogP contribution is -2.28. The monoisotopic (exact) mass is 286 g/mol. The molecule has 0 unspecified atom stereocenters. The average Bonchev–Trinajstić information content (AvgIpc) is 2.83. The molecular weight excluding hydrogens is 264 g/mol. The van der Waals surface area contributed by atoms with E-state index in [4.69, 9.17) is 4.42 Å². The number of carbonyl (C=O) groups excluding carboxylic acids is 1. The number of aryl methyl sites for hydroxylation is 2. The Hall–Kier alpha value is -2.10. The zero-order valence-electron chi connectivity index (χ0n) is 12.8. The second kappa shape index (κ2) is 7.07. The minimum absolute atomic E-state index is 0.0132. The molecule has 1 atom stereocenters. The van der Waals surface area contributed by atoms with Gasteiger partial charge >= 0.3 is 0 Å². The highest BCUT2D eigenvalue weighted by atomic mass is 16.3. The van der Waals surface area contributed by atoms with E-state index in [1.54, 1.807) is 12.3 Å². The highest BCUT2D eigenvalue weighted by molar-refractivity contribution is 5.95. The Balaban J connectivity index is 2.15. The van der Waals surface area contributed by atoms with Crippen LogP contribution in [0.15, 0.2) is 35.0 Å². The molecule has 0 bridgehead atoms. The Kier molecular flexibility index (Phi) is 5.14. The molecule has 1 amide bonds. The zero-order chi connectivity index (χ0) is 15.2. The van der Waals surface area contributed by atoms with Gasteiger partial charge in [-0.15, -0.1) is 0 Å². The molecule has 0 aliphatic heterocycles. The SMILES string of the molecule is CCCC[C@@H](NC(=O)c1cc(C)oc1C)c1cccnc1. The molecule has 2 aromatic rings. The Labute approximate surface area is 125 Å². The molecule has 4 nitrogen and oxygen atoms in total. The third-order valence-corrected chi connectivity index (χ3v) is 3.52. The van der Waals surface area contributed by atoms with Crippen LogP contribution in [-0.2, 0) is 0 Å². The lowest BCUT2D eigenvalue weighted by molar-refractivity contribution is 0.0932. The summed E-state index contributed by atoms with van der Waals surface area (Å²) in [6.07, 6.45) is 6.61. The van der Waals surface area contributed by atoms with E-state index in [0.717, 1.165) is 30.6 Å². The lowest BCUT2D eigenvalue weighted by atomic mass is 10.0. The number of nitrogens with one attached hydrogen (secondary N) is 1. The van der Waals surface area contributed by atoms with Gasteiger partial charge in [0.1, 0.15) is 11.5 Å². The van der Waals surface area contributed by atoms with E-state index in [1.165, 1.54) is 0 Å². The van der Waals surface area contributed by atoms with Crippen LogP contribution in [0.5, 0.6) is 0 Å². The molecule has 0 saturated carbocycles. The summed E-state index contributed by atoms with van der Waals surface area (Å²) in [5.74, 6) is 1.32. The van der Waals surface area contributed by atoms with Gasteiger partial charge in [-0.2, -0.15) is 0 Å². The lowest BCUT2D eigenvalue weighted by Gasteiger charge is -2.18. The standard InChI is InChI=1S/C17H22N2O2/c1-4-5-8-16(14-7-6-9-18-11-14)19-17(20)15-10-12(2)21-13(15)3/h6-7,9-11,16H,4-5,8H2,1-3H3,(H,19,20)/t16-/m1/s1. The van der Waals surface area contributed by atoms with Crippen LogP contribution in [0.25, 0.3) is 0 Å². The minimum Gasteiger partial charge on any atom is -0.466 e. The van der Waals surface area contributed by atoms with Gasteiger partial charge in [-0.05, 0) is 38.0 Å². The average molecular weight is 286 g/mol. The molecule has 2 aromatic heterocycles. The van der Waals surface area contributed by atoms with Crippen molar-refractivity contribution in [3.63, 3.8) is 0 Å². The highest BCUT2D eigenvalue weighted by Crippen LogP contribution is 2.21. The summed E-state index contributed by atoms with van der Waals surface area (Å²) >= 11 is 0. The van der Waals surface area contributed by atoms with E-state index in [-0.39, 0.29) is 11.9 Å². The maximum atomic E-state index is 12.4. The molecule has 0 aliphatic carbocycles. The van der Waals surface area contributed by atoms with Gasteiger partial charge in [0, 0.05) is 12.4 Å². The molecule has 2 heterocycles. The number of hydrogen-bond acceptors (Lipinski definition) is 3. The number of rotatable bonds is 6. The number of aromatic nitrogens is 1. The maximum Gasteiger partial charge on any atom is 0.255 e. The van der Waals surface area contributed by atoms with Crippen LogP contribution in [0.2, 0.25) is 0 Å². The molecule has 112 valence electrons. The number of unbranched alkanes of at least 4 members (excludes halogenated alkanes) is 1. The van der Waals surface area contributed by atoms with Gasteiger partial charge in [-0.1, -0.05) is 25.8 Å². The molecule has 4 heteroatoms. The van der Waals surface area contributed by atoms with Crippen molar-refractivity contribution in [1.29, 1.82) is 0 Å². The Morgan fingerprint density at radius 2 is 2.24 bits per heavy atom. The van der Waals surface area contributed by atoms with E-state index >= 15 is 0 Å². The van der Waals surface area contributed by atoms with Crippen molar-refractivity contribution in [2.75, 3.05) is 0 Å². The van der Waals surface area contributed by atoms with Gasteiger partial charge in [0.05, 0.1) is 11.6 Å². The maximum absolute atomic E-state index is 12.4. The Morgan fingerprint density at radius 3 is 2.81 bits per heavy atom. The number of carbonyl (C=O) groups is 1. The quantitative estimate of drug-likeness (QED) is 0.874. The summed E-state index contributed by atoms with van der Waals surface area (Å²) in [7, 11) is 0. The Morgan fingerprint density at radius 1 is 1.43 bits per heavy atom. The number of hydrogen-bond donors (Lipinski definition) is 1. The fourth-order valence-electron chi connectivity index (χ4n) is 2.40. The van der Waals surface area contributed by atoms with Gasteiger partial charge in [0.25, 0.3) is 5.91 Å². The van der Waals surface area contributed by atoms with Gasteiger partial charge < -0.3 is 9.73 Å². The van der Waals surface area contributed by atoms with Crippen molar-refractivity contribution in [3.05, 3.63) is 53.2 Å². The first-order chi connectivity index (χ1) is 10.1. The smallest absolute Gasteiger partial charge is 0.255 e. The van der Waals surface area contributed by atoms with Crippen molar-refractivity contribution in [2.45, 2.75) is 46.1 Å². The first-order valence-electron chi connectivity index (χ1n) is 7.39. The van der Waals surface area contributed by atoms with E-state index in [0.29, 0.717) is 11.3 Å². The van der Waals surface area contributed by atoms with Crippen molar-refractivity contribution in [2.24, 2.45) is 0 Å². The summed E-state index contributed by atoms with van der Waals surface area (Å²) < 4.78 is 5.43. The first-order valence-corrected chi connectivity index (χ1v) is 7.39. The van der Waals surface area contributed by atoms with E-state index in [1.807, 2.05) is 32.2 Å². The van der Waals surface area contributed by atoms with E-state index in [9.17, 15) is 4.79 Å². The summed E-state index contributed by atoms with van der Waals surface area (Å²) in [6.45, 7) is 5.80. The first kappa shape index (κ1) is 15.3. The normalized spacial score (nSPS) is 12.1. The van der Waals surface area contributed by atoms with E-state index < -0.39 is 0 Å². The Bertz CT molecular complexity index is 590. The van der Waals surface area contributed by atoms with Crippen molar-refractivity contribution >= 4 is 5.91 Å². The predicted octanol–water partition coefficient (Wildman–Crippen LogP) is 3.95. The number of amides is 1. The summed E-state index contributed by atoms with van der Waals surface area (Å²) in [5.41, 5.74) is 1.65. The van der Waals surface area contributed by atoms with Gasteiger partial charge in [0.15, 0.2) is 0 Å². The highest BCUT2D eigenvalue weighted by Gasteiger charge is 2.19. The van der Waals surface area contributed by atoms with Gasteiger partial charge in [-0.25, -0.2) is 0 Å². The summed E-state index contributed by atoms with van der Waals surface area (Å²) in [6, 6.07) is 5.67. The van der Waals surface area contributed by atoms with Crippen LogP contribution >= 0.6 is 0 Å². The van der Waals surface area contributed by atoms with Crippen molar-refractivity contribution in [1.82, 2.24) is 10.3 Å². The molecule has 0 radical (unpaired) electrons. The van der Waals surface area contributed by atoms with Crippen molar-refractivity contribution < 1.29 is 9.21 Å². The molecule has 21 heavy (non-hydrogen) atoms. The zero-order valence-corrected chi connectivity index (χ0v) is 12.8. The van der Waals surface area contributed by atoms with Crippen molar-refractivity contribution in [3.8, 4) is 0 Å². The number of furan rings is 1. The van der Waals surface area contributed by atoms with Crippen LogP contribution in [0.3, 0.4) is 0 Å². The number of nitrogens with zero attached hydrogens (tertiary/aromatic N) is 1. The minimum atomic E-state index is -0.0886. The summed E-state index contributed by atoms with van der Waals surface area (Å²) in [4.78, 5) is 16.6. The fraction of sp³-hybridized carbons (Fsp3) is 0.412. The third-order valence-electron chi connectivity index (χ3n) is 3.52. The molecule has 0 spiro atoms. The molecule has 0 aliphatic rings. The second-order valence-electron chi connectivity index (χ2n) is 5.28. The number of pyridine rings is 1. The van der Waals surface area contributed by atoms with Gasteiger partial charge in [0.2, 0.25) is 0 Å². The molecule has 1 N–H and O–H groups in total. The molecule has 0 saturated heterocycles. The van der Waals surface area contributed by atoms with Crippen LogP contribution in [-0.4, -0.2) is 10.9 Å². The van der Waals surface area contributed by atoms with E-state index in [2.05, 4.69) is 17.2 Å². The fourth-order valence-corrected chi connectivity index (χ4v) is 2.40. The summed E-state index contributed by atoms with van der Waals surface area (Å²) in [5, 5.41) is 3.10. The van der Waals surface area contributed by atoms with Crippen LogP contribution < -0.4 is 5.32 Å². The topological polar surface area (TPSA) is 55.1 Å². The van der Waals surface area contributed by atoms with Gasteiger partial charge in [-0.3, -0.25) is 9.78 Å². The van der Waals surface area contributed by atoms with Crippen LogP contribution in [0, 0.1) is 13.8 Å². The molecule has 0 aromatic carbocycles. The predicted molar refractivity (Wildman–Crippen MR) is 82.2 cm³/mol. The largest absolute Gasteiger partial charge is 0.466 e. The second-order valence-corrected chi connectivity index (χ2v) is 5.28. The third kappa shape index (κ3) is 3.94. The molecular formula is C17H22N2O2. The molecule has 2 rings (SSSR count). The van der Waals surface area contributed by atoms with Crippen LogP contribution in [0.4, 0.5) is 0 Å².